The Hall–Kier alpha value is -2.82. The third kappa shape index (κ3) is 6.09. The average Bonchev–Trinajstić information content (AvgIpc) is 3.23. The van der Waals surface area contributed by atoms with Crippen molar-refractivity contribution in [2.24, 2.45) is 5.92 Å². The van der Waals surface area contributed by atoms with Crippen LogP contribution in [0.3, 0.4) is 0 Å². The molecule has 218 valence electrons. The molecule has 1 aromatic rings. The largest absolute Gasteiger partial charge is 0.371 e. The van der Waals surface area contributed by atoms with Crippen LogP contribution in [0.15, 0.2) is 18.2 Å². The van der Waals surface area contributed by atoms with Crippen molar-refractivity contribution in [2.45, 2.75) is 50.6 Å². The molecule has 1 atom stereocenters. The van der Waals surface area contributed by atoms with Crippen molar-refractivity contribution in [1.82, 2.24) is 24.9 Å². The molecule has 0 radical (unpaired) electrons. The smallest absolute Gasteiger partial charge is 0.262 e. The fraction of sp³-hybridized carbons (Fsp3) is 0.667. The lowest BCUT2D eigenvalue weighted by Crippen LogP contribution is -2.54. The molecule has 0 bridgehead atoms. The Morgan fingerprint density at radius 3 is 2.27 bits per heavy atom. The monoisotopic (exact) mass is 552 g/mol. The van der Waals surface area contributed by atoms with E-state index < -0.39 is 23.8 Å². The highest BCUT2D eigenvalue weighted by Crippen LogP contribution is 2.31. The second kappa shape index (κ2) is 12.8. The number of piperazine rings is 1. The maximum atomic E-state index is 13.3. The van der Waals surface area contributed by atoms with Crippen LogP contribution in [-0.2, 0) is 9.59 Å². The summed E-state index contributed by atoms with van der Waals surface area (Å²) < 4.78 is 0. The second-order valence-corrected chi connectivity index (χ2v) is 11.9. The van der Waals surface area contributed by atoms with Crippen LogP contribution >= 0.6 is 0 Å². The molecule has 4 heterocycles. The van der Waals surface area contributed by atoms with Crippen molar-refractivity contribution in [3.05, 3.63) is 29.3 Å². The SMILES string of the molecule is CNC(=O)C(CCC=O)N1C(=O)c2ccc(N3CCC(N4CCN(CC5CCN(C)CC5)CC4)CC3)cc2C1=O. The van der Waals surface area contributed by atoms with E-state index in [0.29, 0.717) is 23.5 Å². The van der Waals surface area contributed by atoms with Crippen LogP contribution in [0.25, 0.3) is 0 Å². The van der Waals surface area contributed by atoms with E-state index in [1.165, 1.54) is 39.5 Å². The van der Waals surface area contributed by atoms with Gasteiger partial charge >= 0.3 is 0 Å². The Kier molecular flexibility index (Phi) is 9.17. The molecular weight excluding hydrogens is 508 g/mol. The van der Waals surface area contributed by atoms with Crippen LogP contribution in [0, 0.1) is 5.92 Å². The number of fused-ring (bicyclic) bond motifs is 1. The fourth-order valence-corrected chi connectivity index (χ4v) is 6.91. The Morgan fingerprint density at radius 1 is 0.950 bits per heavy atom. The fourth-order valence-electron chi connectivity index (χ4n) is 6.91. The van der Waals surface area contributed by atoms with Crippen LogP contribution < -0.4 is 10.2 Å². The lowest BCUT2D eigenvalue weighted by atomic mass is 9.96. The van der Waals surface area contributed by atoms with E-state index in [0.717, 1.165) is 68.6 Å². The number of hydrogen-bond donors (Lipinski definition) is 1. The van der Waals surface area contributed by atoms with Gasteiger partial charge in [0.25, 0.3) is 11.8 Å². The minimum atomic E-state index is -0.994. The maximum absolute atomic E-state index is 13.3. The van der Waals surface area contributed by atoms with Gasteiger partial charge in [-0.25, -0.2) is 0 Å². The summed E-state index contributed by atoms with van der Waals surface area (Å²) in [6, 6.07) is 5.02. The number of aldehydes is 1. The van der Waals surface area contributed by atoms with Gasteiger partial charge in [-0.3, -0.25) is 24.2 Å². The van der Waals surface area contributed by atoms with E-state index >= 15 is 0 Å². The average molecular weight is 553 g/mol. The van der Waals surface area contributed by atoms with E-state index in [1.807, 2.05) is 6.07 Å². The Balaban J connectivity index is 1.14. The van der Waals surface area contributed by atoms with Crippen LogP contribution in [0.5, 0.6) is 0 Å². The number of rotatable bonds is 9. The molecule has 40 heavy (non-hydrogen) atoms. The second-order valence-electron chi connectivity index (χ2n) is 11.9. The normalized spacial score (nSPS) is 22.9. The molecule has 3 amide bonds. The lowest BCUT2D eigenvalue weighted by molar-refractivity contribution is -0.124. The number of carbonyl (C=O) groups excluding carboxylic acids is 4. The third-order valence-electron chi connectivity index (χ3n) is 9.43. The summed E-state index contributed by atoms with van der Waals surface area (Å²) >= 11 is 0. The zero-order valence-corrected chi connectivity index (χ0v) is 24.0. The molecule has 1 aromatic carbocycles. The summed E-state index contributed by atoms with van der Waals surface area (Å²) in [7, 11) is 3.69. The zero-order chi connectivity index (χ0) is 28.2. The minimum Gasteiger partial charge on any atom is -0.371 e. The zero-order valence-electron chi connectivity index (χ0n) is 24.0. The number of piperidine rings is 2. The van der Waals surface area contributed by atoms with Gasteiger partial charge in [0.15, 0.2) is 0 Å². The van der Waals surface area contributed by atoms with Gasteiger partial charge in [-0.2, -0.15) is 0 Å². The van der Waals surface area contributed by atoms with Gasteiger partial charge in [0.2, 0.25) is 5.91 Å². The van der Waals surface area contributed by atoms with Gasteiger partial charge in [0.1, 0.15) is 12.3 Å². The molecule has 4 aliphatic rings. The highest BCUT2D eigenvalue weighted by molar-refractivity contribution is 6.23. The molecule has 0 aliphatic carbocycles. The first-order chi connectivity index (χ1) is 19.4. The Morgan fingerprint density at radius 2 is 1.62 bits per heavy atom. The van der Waals surface area contributed by atoms with Crippen molar-refractivity contribution in [2.75, 3.05) is 77.9 Å². The molecule has 1 N–H and O–H groups in total. The van der Waals surface area contributed by atoms with Gasteiger partial charge in [-0.1, -0.05) is 0 Å². The number of hydrogen-bond acceptors (Lipinski definition) is 8. The van der Waals surface area contributed by atoms with Gasteiger partial charge in [-0.05, 0) is 76.4 Å². The predicted molar refractivity (Wildman–Crippen MR) is 154 cm³/mol. The molecule has 10 heteroatoms. The van der Waals surface area contributed by atoms with Gasteiger partial charge in [0.05, 0.1) is 11.1 Å². The number of likely N-dealkylation sites (N-methyl/N-ethyl adjacent to an activating group) is 1. The summed E-state index contributed by atoms with van der Waals surface area (Å²) in [5, 5.41) is 2.52. The minimum absolute atomic E-state index is 0.0963. The van der Waals surface area contributed by atoms with E-state index in [1.54, 1.807) is 12.1 Å². The van der Waals surface area contributed by atoms with E-state index in [2.05, 4.69) is 32.0 Å². The first-order valence-corrected chi connectivity index (χ1v) is 15.0. The molecule has 4 aliphatic heterocycles. The molecule has 1 unspecified atom stereocenters. The maximum Gasteiger partial charge on any atom is 0.262 e. The molecule has 0 saturated carbocycles. The molecule has 10 nitrogen and oxygen atoms in total. The summed E-state index contributed by atoms with van der Waals surface area (Å²) in [5.74, 6) is -0.533. The van der Waals surface area contributed by atoms with Crippen LogP contribution in [0.4, 0.5) is 5.69 Å². The number of likely N-dealkylation sites (tertiary alicyclic amines) is 1. The predicted octanol–water partition coefficient (Wildman–Crippen LogP) is 1.30. The molecule has 3 saturated heterocycles. The Labute approximate surface area is 237 Å². The number of nitrogens with one attached hydrogen (secondary N) is 1. The van der Waals surface area contributed by atoms with Crippen molar-refractivity contribution >= 4 is 29.7 Å². The molecule has 0 aromatic heterocycles. The van der Waals surface area contributed by atoms with Crippen molar-refractivity contribution < 1.29 is 19.2 Å². The van der Waals surface area contributed by atoms with E-state index in [9.17, 15) is 19.2 Å². The van der Waals surface area contributed by atoms with Crippen molar-refractivity contribution in [3.63, 3.8) is 0 Å². The number of amides is 3. The van der Waals surface area contributed by atoms with Crippen molar-refractivity contribution in [3.8, 4) is 0 Å². The standard InChI is InChI=1S/C30H44N6O4/c1-31-28(38)27(4-3-19-37)36-29(39)25-6-5-24(20-26(25)30(36)40)34-13-9-23(10-14-34)35-17-15-33(16-18-35)21-22-7-11-32(2)12-8-22/h5-6,19-20,22-23,27H,3-4,7-18,21H2,1-2H3,(H,31,38). The summed E-state index contributed by atoms with van der Waals surface area (Å²) in [6.45, 7) is 10.1. The summed E-state index contributed by atoms with van der Waals surface area (Å²) in [4.78, 5) is 60.9. The highest BCUT2D eigenvalue weighted by atomic mass is 16.2. The van der Waals surface area contributed by atoms with E-state index in [4.69, 9.17) is 0 Å². The quantitative estimate of drug-likeness (QED) is 0.362. The highest BCUT2D eigenvalue weighted by Gasteiger charge is 2.42. The molecular formula is C30H44N6O4. The third-order valence-corrected chi connectivity index (χ3v) is 9.43. The van der Waals surface area contributed by atoms with Crippen LogP contribution in [-0.4, -0.2) is 129 Å². The number of carbonyl (C=O) groups is 4. The molecule has 0 spiro atoms. The lowest BCUT2D eigenvalue weighted by Gasteiger charge is -2.44. The number of imide groups is 1. The van der Waals surface area contributed by atoms with Crippen molar-refractivity contribution in [1.29, 1.82) is 0 Å². The summed E-state index contributed by atoms with van der Waals surface area (Å²) in [5.41, 5.74) is 1.60. The van der Waals surface area contributed by atoms with Crippen LogP contribution in [0.1, 0.15) is 59.2 Å². The van der Waals surface area contributed by atoms with Gasteiger partial charge < -0.3 is 24.8 Å². The first-order valence-electron chi connectivity index (χ1n) is 15.0. The topological polar surface area (TPSA) is 96.5 Å². The first kappa shape index (κ1) is 28.7. The number of anilines is 1. The van der Waals surface area contributed by atoms with E-state index in [-0.39, 0.29) is 12.8 Å². The van der Waals surface area contributed by atoms with Crippen LogP contribution in [0.2, 0.25) is 0 Å². The van der Waals surface area contributed by atoms with Gasteiger partial charge in [0, 0.05) is 71.0 Å². The number of benzene rings is 1. The van der Waals surface area contributed by atoms with Gasteiger partial charge in [-0.15, -0.1) is 0 Å². The Bertz CT molecular complexity index is 1090. The molecule has 3 fully saturated rings. The summed E-state index contributed by atoms with van der Waals surface area (Å²) in [6.07, 6.45) is 5.71. The molecule has 5 rings (SSSR count). The number of nitrogens with zero attached hydrogens (tertiary/aromatic N) is 5.